The molecule has 1 fully saturated rings. The second-order valence-electron chi connectivity index (χ2n) is 6.02. The zero-order valence-electron chi connectivity index (χ0n) is 14.2. The van der Waals surface area contributed by atoms with Gasteiger partial charge in [-0.1, -0.05) is 34.4 Å². The van der Waals surface area contributed by atoms with Crippen LogP contribution in [0.25, 0.3) is 11.5 Å². The Morgan fingerprint density at radius 1 is 1.04 bits per heavy atom. The predicted molar refractivity (Wildman–Crippen MR) is 102 cm³/mol. The molecule has 0 spiro atoms. The summed E-state index contributed by atoms with van der Waals surface area (Å²) in [7, 11) is 0. The zero-order valence-corrected chi connectivity index (χ0v) is 15.7. The molecule has 1 aromatic carbocycles. The third-order valence-electron chi connectivity index (χ3n) is 4.34. The summed E-state index contributed by atoms with van der Waals surface area (Å²) in [4.78, 5) is 24.8. The molecule has 9 heteroatoms. The first-order valence-corrected chi connectivity index (χ1v) is 9.12. The Balaban J connectivity index is 1.41. The second kappa shape index (κ2) is 7.54. The number of rotatable bonds is 3. The van der Waals surface area contributed by atoms with E-state index in [1.807, 2.05) is 18.2 Å². The molecule has 1 aliphatic rings. The Morgan fingerprint density at radius 2 is 1.85 bits per heavy atom. The van der Waals surface area contributed by atoms with Crippen LogP contribution in [-0.4, -0.2) is 52.1 Å². The SMILES string of the molecule is O=C(c1nc(-c2ccccn2)no1)N1CCN(c2ccc(Cl)c(Cl)c2)CC1. The van der Waals surface area contributed by atoms with Crippen molar-refractivity contribution in [3.63, 3.8) is 0 Å². The van der Waals surface area contributed by atoms with Gasteiger partial charge in [0.1, 0.15) is 5.69 Å². The molecule has 0 saturated carbocycles. The normalized spacial score (nSPS) is 14.4. The molecule has 1 saturated heterocycles. The summed E-state index contributed by atoms with van der Waals surface area (Å²) in [6.07, 6.45) is 1.63. The molecule has 27 heavy (non-hydrogen) atoms. The molecular weight excluding hydrogens is 389 g/mol. The minimum atomic E-state index is -0.279. The Kier molecular flexibility index (Phi) is 4.96. The number of nitrogens with zero attached hydrogens (tertiary/aromatic N) is 5. The summed E-state index contributed by atoms with van der Waals surface area (Å²) < 4.78 is 5.14. The first-order chi connectivity index (χ1) is 13.1. The Bertz CT molecular complexity index is 955. The van der Waals surface area contributed by atoms with E-state index in [0.29, 0.717) is 47.7 Å². The van der Waals surface area contributed by atoms with Crippen molar-refractivity contribution in [3.05, 3.63) is 58.5 Å². The maximum absolute atomic E-state index is 12.6. The van der Waals surface area contributed by atoms with E-state index in [4.69, 9.17) is 27.7 Å². The highest BCUT2D eigenvalue weighted by Gasteiger charge is 2.27. The van der Waals surface area contributed by atoms with Crippen LogP contribution in [0.3, 0.4) is 0 Å². The molecule has 3 aromatic rings. The maximum Gasteiger partial charge on any atom is 0.316 e. The number of hydrogen-bond donors (Lipinski definition) is 0. The third kappa shape index (κ3) is 3.74. The van der Waals surface area contributed by atoms with E-state index >= 15 is 0 Å². The predicted octanol–water partition coefficient (Wildman–Crippen LogP) is 3.40. The lowest BCUT2D eigenvalue weighted by Gasteiger charge is -2.35. The molecule has 7 nitrogen and oxygen atoms in total. The van der Waals surface area contributed by atoms with Crippen LogP contribution < -0.4 is 4.90 Å². The summed E-state index contributed by atoms with van der Waals surface area (Å²) in [6, 6.07) is 10.9. The van der Waals surface area contributed by atoms with Gasteiger partial charge in [-0.15, -0.1) is 0 Å². The number of halogens is 2. The summed E-state index contributed by atoms with van der Waals surface area (Å²) >= 11 is 12.1. The maximum atomic E-state index is 12.6. The highest BCUT2D eigenvalue weighted by Crippen LogP contribution is 2.28. The van der Waals surface area contributed by atoms with Crippen LogP contribution in [0.5, 0.6) is 0 Å². The molecule has 0 aliphatic carbocycles. The van der Waals surface area contributed by atoms with Crippen LogP contribution in [0.1, 0.15) is 10.7 Å². The first kappa shape index (κ1) is 17.8. The third-order valence-corrected chi connectivity index (χ3v) is 5.08. The van der Waals surface area contributed by atoms with E-state index in [9.17, 15) is 4.79 Å². The van der Waals surface area contributed by atoms with Crippen molar-refractivity contribution < 1.29 is 9.32 Å². The quantitative estimate of drug-likeness (QED) is 0.666. The van der Waals surface area contributed by atoms with Gasteiger partial charge in [0.25, 0.3) is 0 Å². The van der Waals surface area contributed by atoms with E-state index in [-0.39, 0.29) is 11.8 Å². The van der Waals surface area contributed by atoms with Gasteiger partial charge < -0.3 is 14.3 Å². The fourth-order valence-corrected chi connectivity index (χ4v) is 3.19. The van der Waals surface area contributed by atoms with E-state index < -0.39 is 0 Å². The van der Waals surface area contributed by atoms with Gasteiger partial charge in [0.15, 0.2) is 0 Å². The number of hydrogen-bond acceptors (Lipinski definition) is 6. The summed E-state index contributed by atoms with van der Waals surface area (Å²) in [6.45, 7) is 2.43. The molecule has 0 unspecified atom stereocenters. The van der Waals surface area contributed by atoms with Gasteiger partial charge in [0.05, 0.1) is 10.0 Å². The van der Waals surface area contributed by atoms with Gasteiger partial charge in [-0.05, 0) is 30.3 Å². The standard InChI is InChI=1S/C18H15Cl2N5O2/c19-13-5-4-12(11-14(13)20)24-7-9-25(10-8-24)18(26)17-22-16(23-27-17)15-3-1-2-6-21-15/h1-6,11H,7-10H2. The number of pyridine rings is 1. The van der Waals surface area contributed by atoms with Crippen LogP contribution >= 0.6 is 23.2 Å². The topological polar surface area (TPSA) is 75.4 Å². The van der Waals surface area contributed by atoms with Crippen molar-refractivity contribution in [2.75, 3.05) is 31.1 Å². The van der Waals surface area contributed by atoms with Crippen molar-refractivity contribution in [3.8, 4) is 11.5 Å². The molecule has 1 aliphatic heterocycles. The van der Waals surface area contributed by atoms with Crippen molar-refractivity contribution in [2.24, 2.45) is 0 Å². The van der Waals surface area contributed by atoms with E-state index in [1.54, 1.807) is 29.3 Å². The minimum absolute atomic E-state index is 0.0290. The van der Waals surface area contributed by atoms with Crippen LogP contribution in [0.15, 0.2) is 47.1 Å². The number of aromatic nitrogens is 3. The lowest BCUT2D eigenvalue weighted by atomic mass is 10.2. The molecular formula is C18H15Cl2N5O2. The van der Waals surface area contributed by atoms with Gasteiger partial charge in [0, 0.05) is 38.1 Å². The molecule has 0 bridgehead atoms. The fourth-order valence-electron chi connectivity index (χ4n) is 2.89. The molecule has 1 amide bonds. The lowest BCUT2D eigenvalue weighted by Crippen LogP contribution is -2.48. The Morgan fingerprint density at radius 3 is 2.56 bits per heavy atom. The van der Waals surface area contributed by atoms with Crippen molar-refractivity contribution in [1.29, 1.82) is 0 Å². The van der Waals surface area contributed by atoms with E-state index in [2.05, 4.69) is 20.0 Å². The number of piperazine rings is 1. The minimum Gasteiger partial charge on any atom is -0.368 e. The number of benzene rings is 1. The number of carbonyl (C=O) groups excluding carboxylic acids is 1. The van der Waals surface area contributed by atoms with Gasteiger partial charge in [-0.25, -0.2) is 0 Å². The average molecular weight is 404 g/mol. The summed E-state index contributed by atoms with van der Waals surface area (Å²) in [5, 5.41) is 4.89. The smallest absolute Gasteiger partial charge is 0.316 e. The molecule has 2 aromatic heterocycles. The van der Waals surface area contributed by atoms with Crippen LogP contribution in [0.2, 0.25) is 10.0 Å². The molecule has 4 rings (SSSR count). The summed E-state index contributed by atoms with van der Waals surface area (Å²) in [5.41, 5.74) is 1.54. The summed E-state index contributed by atoms with van der Waals surface area (Å²) in [5.74, 6) is -0.00879. The number of anilines is 1. The second-order valence-corrected chi connectivity index (χ2v) is 6.83. The van der Waals surface area contributed by atoms with Gasteiger partial charge in [0.2, 0.25) is 5.82 Å². The Labute approximate surface area is 165 Å². The van der Waals surface area contributed by atoms with Crippen molar-refractivity contribution in [1.82, 2.24) is 20.0 Å². The highest BCUT2D eigenvalue weighted by atomic mass is 35.5. The number of carbonyl (C=O) groups is 1. The number of amides is 1. The average Bonchev–Trinajstić information content (AvgIpc) is 3.21. The van der Waals surface area contributed by atoms with Crippen molar-refractivity contribution in [2.45, 2.75) is 0 Å². The van der Waals surface area contributed by atoms with Gasteiger partial charge in [-0.2, -0.15) is 4.98 Å². The molecule has 138 valence electrons. The fraction of sp³-hybridized carbons (Fsp3) is 0.222. The van der Waals surface area contributed by atoms with E-state index in [1.165, 1.54) is 0 Å². The molecule has 0 N–H and O–H groups in total. The molecule has 3 heterocycles. The molecule has 0 radical (unpaired) electrons. The van der Waals surface area contributed by atoms with Crippen LogP contribution in [0, 0.1) is 0 Å². The zero-order chi connectivity index (χ0) is 18.8. The largest absolute Gasteiger partial charge is 0.368 e. The van der Waals surface area contributed by atoms with Crippen LogP contribution in [-0.2, 0) is 0 Å². The monoisotopic (exact) mass is 403 g/mol. The van der Waals surface area contributed by atoms with Crippen molar-refractivity contribution >= 4 is 34.8 Å². The van der Waals surface area contributed by atoms with E-state index in [0.717, 1.165) is 5.69 Å². The van der Waals surface area contributed by atoms with Gasteiger partial charge >= 0.3 is 11.8 Å². The Hall–Kier alpha value is -2.64. The van der Waals surface area contributed by atoms with Crippen LogP contribution in [0.4, 0.5) is 5.69 Å². The lowest BCUT2D eigenvalue weighted by molar-refractivity contribution is 0.0696. The first-order valence-electron chi connectivity index (χ1n) is 8.36. The highest BCUT2D eigenvalue weighted by molar-refractivity contribution is 6.42. The molecule has 0 atom stereocenters. The van der Waals surface area contributed by atoms with Gasteiger partial charge in [-0.3, -0.25) is 9.78 Å².